The minimum atomic E-state index is -1.21. The van der Waals surface area contributed by atoms with Crippen LogP contribution in [0.5, 0.6) is 0 Å². The molecule has 0 aliphatic heterocycles. The lowest BCUT2D eigenvalue weighted by molar-refractivity contribution is -0.305. The van der Waals surface area contributed by atoms with E-state index in [1.54, 1.807) is 24.3 Å². The van der Waals surface area contributed by atoms with Crippen LogP contribution in [0.15, 0.2) is 28.7 Å². The van der Waals surface area contributed by atoms with E-state index in [0.29, 0.717) is 5.56 Å². The summed E-state index contributed by atoms with van der Waals surface area (Å²) in [5.74, 6) is -1.84. The van der Waals surface area contributed by atoms with Gasteiger partial charge in [-0.05, 0) is 17.7 Å². The zero-order valence-electron chi connectivity index (χ0n) is 7.24. The number of halogens is 1. The van der Waals surface area contributed by atoms with E-state index in [1.165, 1.54) is 0 Å². The fourth-order valence-corrected chi connectivity index (χ4v) is 1.36. The number of nitriles is 1. The summed E-state index contributed by atoms with van der Waals surface area (Å²) in [5.41, 5.74) is 0.694. The second-order valence-electron chi connectivity index (χ2n) is 2.81. The van der Waals surface area contributed by atoms with Crippen LogP contribution in [0.25, 0.3) is 0 Å². The van der Waals surface area contributed by atoms with E-state index in [1.807, 2.05) is 6.07 Å². The number of hydrogen-bond acceptors (Lipinski definition) is 3. The van der Waals surface area contributed by atoms with Gasteiger partial charge in [0, 0.05) is 16.9 Å². The summed E-state index contributed by atoms with van der Waals surface area (Å²) >= 11 is 3.26. The Labute approximate surface area is 90.1 Å². The Kier molecular flexibility index (Phi) is 3.66. The second-order valence-corrected chi connectivity index (χ2v) is 3.73. The number of rotatable bonds is 3. The minimum absolute atomic E-state index is 0.266. The molecule has 0 fully saturated rings. The molecule has 0 heterocycles. The summed E-state index contributed by atoms with van der Waals surface area (Å²) in [6, 6.07) is 8.92. The predicted octanol–water partition coefficient (Wildman–Crippen LogP) is 1.20. The van der Waals surface area contributed by atoms with Gasteiger partial charge in [-0.1, -0.05) is 28.1 Å². The highest BCUT2D eigenvalue weighted by atomic mass is 79.9. The van der Waals surface area contributed by atoms with Crippen LogP contribution in [0.4, 0.5) is 0 Å². The van der Waals surface area contributed by atoms with Crippen LogP contribution in [-0.4, -0.2) is 5.97 Å². The van der Waals surface area contributed by atoms with Crippen LogP contribution < -0.4 is 5.11 Å². The van der Waals surface area contributed by atoms with Crippen LogP contribution in [-0.2, 0) is 4.79 Å². The van der Waals surface area contributed by atoms with Crippen LogP contribution in [0.2, 0.25) is 0 Å². The number of carbonyl (C=O) groups is 1. The van der Waals surface area contributed by atoms with Gasteiger partial charge in [-0.15, -0.1) is 0 Å². The molecule has 0 amide bonds. The van der Waals surface area contributed by atoms with Gasteiger partial charge in [0.15, 0.2) is 0 Å². The topological polar surface area (TPSA) is 63.9 Å². The number of carbonyl (C=O) groups excluding carboxylic acids is 1. The molecule has 1 atom stereocenters. The molecule has 0 aliphatic rings. The molecule has 14 heavy (non-hydrogen) atoms. The van der Waals surface area contributed by atoms with Crippen molar-refractivity contribution in [2.75, 3.05) is 0 Å². The van der Waals surface area contributed by atoms with E-state index in [-0.39, 0.29) is 6.42 Å². The fourth-order valence-electron chi connectivity index (χ4n) is 1.10. The standard InChI is InChI=1S/C10H8BrNO2/c11-9-3-1-7(2-4-9)8(6-12)5-10(13)14/h1-4,8H,5H2,(H,13,14)/p-1/t8-/m0/s1. The van der Waals surface area contributed by atoms with E-state index >= 15 is 0 Å². The third-order valence-corrected chi connectivity index (χ3v) is 2.33. The number of carboxylic acids is 1. The first-order chi connectivity index (χ1) is 6.63. The first-order valence-electron chi connectivity index (χ1n) is 3.98. The third-order valence-electron chi connectivity index (χ3n) is 1.80. The molecule has 4 heteroatoms. The smallest absolute Gasteiger partial charge is 0.0764 e. The number of aliphatic carboxylic acids is 1. The van der Waals surface area contributed by atoms with Gasteiger partial charge in [-0.2, -0.15) is 5.26 Å². The molecule has 0 radical (unpaired) electrons. The monoisotopic (exact) mass is 252 g/mol. The highest BCUT2D eigenvalue weighted by Crippen LogP contribution is 2.20. The molecule has 0 unspecified atom stereocenters. The Morgan fingerprint density at radius 1 is 1.50 bits per heavy atom. The highest BCUT2D eigenvalue weighted by Gasteiger charge is 2.10. The lowest BCUT2D eigenvalue weighted by Crippen LogP contribution is -2.24. The van der Waals surface area contributed by atoms with Crippen molar-refractivity contribution >= 4 is 21.9 Å². The van der Waals surface area contributed by atoms with Crippen molar-refractivity contribution in [1.82, 2.24) is 0 Å². The van der Waals surface area contributed by atoms with E-state index in [4.69, 9.17) is 5.26 Å². The average molecular weight is 253 g/mol. The van der Waals surface area contributed by atoms with E-state index < -0.39 is 11.9 Å². The van der Waals surface area contributed by atoms with Crippen molar-refractivity contribution in [1.29, 1.82) is 5.26 Å². The Hall–Kier alpha value is -1.34. The van der Waals surface area contributed by atoms with Gasteiger partial charge >= 0.3 is 0 Å². The molecule has 0 N–H and O–H groups in total. The third kappa shape index (κ3) is 2.86. The fraction of sp³-hybridized carbons (Fsp3) is 0.200. The molecule has 1 aromatic rings. The van der Waals surface area contributed by atoms with Gasteiger partial charge < -0.3 is 9.90 Å². The van der Waals surface area contributed by atoms with Crippen molar-refractivity contribution in [3.63, 3.8) is 0 Å². The summed E-state index contributed by atoms with van der Waals surface area (Å²) in [6.07, 6.45) is -0.266. The predicted molar refractivity (Wildman–Crippen MR) is 52.1 cm³/mol. The van der Waals surface area contributed by atoms with Crippen molar-refractivity contribution in [2.45, 2.75) is 12.3 Å². The normalized spacial score (nSPS) is 11.7. The van der Waals surface area contributed by atoms with Crippen molar-refractivity contribution in [2.24, 2.45) is 0 Å². The van der Waals surface area contributed by atoms with Gasteiger partial charge in [0.05, 0.1) is 12.0 Å². The van der Waals surface area contributed by atoms with Gasteiger partial charge in [-0.25, -0.2) is 0 Å². The molecule has 0 saturated heterocycles. The summed E-state index contributed by atoms with van der Waals surface area (Å²) in [4.78, 5) is 10.3. The van der Waals surface area contributed by atoms with E-state index in [0.717, 1.165) is 4.47 Å². The maximum Gasteiger partial charge on any atom is 0.0764 e. The Bertz CT molecular complexity index is 367. The first kappa shape index (κ1) is 10.7. The maximum atomic E-state index is 10.3. The first-order valence-corrected chi connectivity index (χ1v) is 4.77. The Morgan fingerprint density at radius 2 is 2.07 bits per heavy atom. The van der Waals surface area contributed by atoms with Crippen molar-refractivity contribution < 1.29 is 9.90 Å². The van der Waals surface area contributed by atoms with Gasteiger partial charge in [0.1, 0.15) is 0 Å². The quantitative estimate of drug-likeness (QED) is 0.812. The summed E-state index contributed by atoms with van der Waals surface area (Å²) in [6.45, 7) is 0. The molecule has 0 bridgehead atoms. The molecule has 0 aromatic heterocycles. The molecule has 3 nitrogen and oxygen atoms in total. The molecule has 1 aromatic carbocycles. The van der Waals surface area contributed by atoms with Crippen LogP contribution in [0.3, 0.4) is 0 Å². The molecule has 72 valence electrons. The Morgan fingerprint density at radius 3 is 2.50 bits per heavy atom. The highest BCUT2D eigenvalue weighted by molar-refractivity contribution is 9.10. The molecule has 0 spiro atoms. The lowest BCUT2D eigenvalue weighted by atomic mass is 9.98. The average Bonchev–Trinajstić information content (AvgIpc) is 2.15. The lowest BCUT2D eigenvalue weighted by Gasteiger charge is -2.09. The SMILES string of the molecule is N#C[C@H](CC(=O)[O-])c1ccc(Br)cc1. The zero-order valence-corrected chi connectivity index (χ0v) is 8.82. The Balaban J connectivity index is 2.85. The number of hydrogen-bond donors (Lipinski definition) is 0. The van der Waals surface area contributed by atoms with Gasteiger partial charge in [0.25, 0.3) is 0 Å². The molecule has 0 aliphatic carbocycles. The maximum absolute atomic E-state index is 10.3. The minimum Gasteiger partial charge on any atom is -0.550 e. The van der Waals surface area contributed by atoms with E-state index in [2.05, 4.69) is 15.9 Å². The van der Waals surface area contributed by atoms with E-state index in [9.17, 15) is 9.90 Å². The summed E-state index contributed by atoms with van der Waals surface area (Å²) < 4.78 is 0.895. The molecule has 1 rings (SSSR count). The molecule has 0 saturated carbocycles. The molecular formula is C10H7BrNO2-. The van der Waals surface area contributed by atoms with Crippen LogP contribution in [0.1, 0.15) is 17.9 Å². The largest absolute Gasteiger partial charge is 0.550 e. The molecular weight excluding hydrogens is 246 g/mol. The summed E-state index contributed by atoms with van der Waals surface area (Å²) in [5, 5.41) is 19.1. The van der Waals surface area contributed by atoms with Gasteiger partial charge in [-0.3, -0.25) is 0 Å². The van der Waals surface area contributed by atoms with Crippen molar-refractivity contribution in [3.05, 3.63) is 34.3 Å². The van der Waals surface area contributed by atoms with Crippen LogP contribution >= 0.6 is 15.9 Å². The number of benzene rings is 1. The zero-order chi connectivity index (χ0) is 10.6. The summed E-state index contributed by atoms with van der Waals surface area (Å²) in [7, 11) is 0. The van der Waals surface area contributed by atoms with Gasteiger partial charge in [0.2, 0.25) is 0 Å². The number of carboxylic acid groups (broad SMARTS) is 1. The second kappa shape index (κ2) is 4.77. The number of nitrogens with zero attached hydrogens (tertiary/aromatic N) is 1. The van der Waals surface area contributed by atoms with Crippen LogP contribution in [0, 0.1) is 11.3 Å². The van der Waals surface area contributed by atoms with Crippen molar-refractivity contribution in [3.8, 4) is 6.07 Å².